The van der Waals surface area contributed by atoms with Crippen molar-refractivity contribution in [1.82, 2.24) is 0 Å². The second-order valence-electron chi connectivity index (χ2n) is 6.70. The topological polar surface area (TPSA) is 52.6 Å². The third kappa shape index (κ3) is 8.34. The van der Waals surface area contributed by atoms with E-state index in [2.05, 4.69) is 0 Å². The zero-order valence-corrected chi connectivity index (χ0v) is 12.8. The van der Waals surface area contributed by atoms with Gasteiger partial charge in [0.05, 0.1) is 13.2 Å². The fourth-order valence-electron chi connectivity index (χ4n) is 0.818. The van der Waals surface area contributed by atoms with Crippen LogP contribution in [0.5, 0.6) is 0 Å². The number of esters is 2. The Hall–Kier alpha value is -0.770. The van der Waals surface area contributed by atoms with Crippen LogP contribution in [-0.2, 0) is 19.1 Å². The van der Waals surface area contributed by atoms with E-state index in [4.69, 9.17) is 21.1 Å². The lowest BCUT2D eigenvalue weighted by Gasteiger charge is -2.20. The molecule has 0 aromatic heterocycles. The molecular formula is C13H23ClO4. The first-order valence-corrected chi connectivity index (χ1v) is 6.33. The molecule has 0 fully saturated rings. The quantitative estimate of drug-likeness (QED) is 0.451. The van der Waals surface area contributed by atoms with Crippen molar-refractivity contribution in [3.8, 4) is 0 Å². The van der Waals surface area contributed by atoms with E-state index in [-0.39, 0.29) is 24.0 Å². The molecule has 0 spiro atoms. The number of halogens is 1. The van der Waals surface area contributed by atoms with E-state index in [1.54, 1.807) is 0 Å². The lowest BCUT2D eigenvalue weighted by atomic mass is 9.99. The van der Waals surface area contributed by atoms with Gasteiger partial charge in [-0.15, -0.1) is 0 Å². The van der Waals surface area contributed by atoms with E-state index in [1.165, 1.54) is 0 Å². The molecule has 0 atom stereocenters. The van der Waals surface area contributed by atoms with Crippen molar-refractivity contribution in [2.45, 2.75) is 46.9 Å². The molecule has 0 radical (unpaired) electrons. The minimum Gasteiger partial charge on any atom is -0.464 e. The molecule has 0 heterocycles. The number of ether oxygens (including phenoxy) is 2. The van der Waals surface area contributed by atoms with Crippen LogP contribution in [0.1, 0.15) is 41.5 Å². The Morgan fingerprint density at radius 1 is 0.889 bits per heavy atom. The molecule has 5 heteroatoms. The zero-order chi connectivity index (χ0) is 14.6. The minimum absolute atomic E-state index is 0.165. The minimum atomic E-state index is -1.39. The summed E-state index contributed by atoms with van der Waals surface area (Å²) in [6.45, 7) is 11.9. The maximum absolute atomic E-state index is 11.5. The van der Waals surface area contributed by atoms with Crippen molar-refractivity contribution in [2.24, 2.45) is 10.8 Å². The predicted molar refractivity (Wildman–Crippen MR) is 70.5 cm³/mol. The second-order valence-corrected chi connectivity index (χ2v) is 7.14. The number of rotatable bonds is 4. The maximum atomic E-state index is 11.5. The Kier molecular flexibility index (Phi) is 6.14. The first-order valence-electron chi connectivity index (χ1n) is 5.90. The Balaban J connectivity index is 4.17. The third-order valence-electron chi connectivity index (χ3n) is 1.71. The highest BCUT2D eigenvalue weighted by atomic mass is 35.5. The molecular weight excluding hydrogens is 256 g/mol. The van der Waals surface area contributed by atoms with Crippen LogP contribution in [0.4, 0.5) is 0 Å². The maximum Gasteiger partial charge on any atom is 0.335 e. The van der Waals surface area contributed by atoms with E-state index in [0.717, 1.165) is 0 Å². The molecule has 0 aliphatic carbocycles. The van der Waals surface area contributed by atoms with E-state index in [0.29, 0.717) is 0 Å². The summed E-state index contributed by atoms with van der Waals surface area (Å²) in [5.74, 6) is -1.52. The molecule has 0 saturated heterocycles. The predicted octanol–water partition coefficient (Wildman–Crippen LogP) is 2.77. The van der Waals surface area contributed by atoms with Gasteiger partial charge in [0, 0.05) is 0 Å². The van der Waals surface area contributed by atoms with E-state index < -0.39 is 17.3 Å². The molecule has 0 amide bonds. The molecule has 106 valence electrons. The highest BCUT2D eigenvalue weighted by molar-refractivity contribution is 6.39. The average Bonchev–Trinajstić information content (AvgIpc) is 2.19. The summed E-state index contributed by atoms with van der Waals surface area (Å²) in [5, 5.41) is -1.39. The number of carbonyl (C=O) groups excluding carboxylic acids is 2. The summed E-state index contributed by atoms with van der Waals surface area (Å²) in [6.07, 6.45) is 0. The van der Waals surface area contributed by atoms with Gasteiger partial charge in [-0.05, 0) is 10.8 Å². The largest absolute Gasteiger partial charge is 0.464 e. The number of carbonyl (C=O) groups is 2. The van der Waals surface area contributed by atoms with Crippen molar-refractivity contribution >= 4 is 23.5 Å². The molecule has 0 bridgehead atoms. The number of hydrogen-bond donors (Lipinski definition) is 0. The fourth-order valence-corrected chi connectivity index (χ4v) is 0.944. The summed E-state index contributed by atoms with van der Waals surface area (Å²) < 4.78 is 9.90. The molecule has 0 aliphatic heterocycles. The van der Waals surface area contributed by atoms with Gasteiger partial charge in [0.25, 0.3) is 0 Å². The van der Waals surface area contributed by atoms with Gasteiger partial charge >= 0.3 is 11.9 Å². The molecule has 18 heavy (non-hydrogen) atoms. The third-order valence-corrected chi connectivity index (χ3v) is 2.07. The van der Waals surface area contributed by atoms with Gasteiger partial charge in [-0.25, -0.2) is 9.59 Å². The van der Waals surface area contributed by atoms with Gasteiger partial charge in [0.2, 0.25) is 5.38 Å². The summed E-state index contributed by atoms with van der Waals surface area (Å²) in [5.41, 5.74) is -0.330. The first kappa shape index (κ1) is 17.2. The second kappa shape index (κ2) is 6.41. The molecule has 0 rings (SSSR count). The highest BCUT2D eigenvalue weighted by Gasteiger charge is 2.29. The van der Waals surface area contributed by atoms with Gasteiger partial charge in [0.1, 0.15) is 0 Å². The van der Waals surface area contributed by atoms with Crippen LogP contribution in [0.15, 0.2) is 0 Å². The zero-order valence-electron chi connectivity index (χ0n) is 12.0. The standard InChI is InChI=1S/C13H23ClO4/c1-12(2,3)7-17-10(15)9(14)11(16)18-8-13(4,5)6/h9H,7-8H2,1-6H3. The molecule has 0 aromatic carbocycles. The fraction of sp³-hybridized carbons (Fsp3) is 0.846. The smallest absolute Gasteiger partial charge is 0.335 e. The average molecular weight is 279 g/mol. The van der Waals surface area contributed by atoms with Gasteiger partial charge in [-0.1, -0.05) is 53.1 Å². The van der Waals surface area contributed by atoms with Crippen LogP contribution in [0.3, 0.4) is 0 Å². The van der Waals surface area contributed by atoms with E-state index in [9.17, 15) is 9.59 Å². The van der Waals surface area contributed by atoms with Crippen LogP contribution >= 0.6 is 11.6 Å². The molecule has 0 N–H and O–H groups in total. The van der Waals surface area contributed by atoms with Crippen molar-refractivity contribution in [2.75, 3.05) is 13.2 Å². The van der Waals surface area contributed by atoms with Crippen LogP contribution in [0.25, 0.3) is 0 Å². The van der Waals surface area contributed by atoms with E-state index in [1.807, 2.05) is 41.5 Å². The normalized spacial score (nSPS) is 12.4. The summed E-state index contributed by atoms with van der Waals surface area (Å²) in [4.78, 5) is 23.0. The van der Waals surface area contributed by atoms with E-state index >= 15 is 0 Å². The Morgan fingerprint density at radius 2 is 1.17 bits per heavy atom. The number of alkyl halides is 1. The van der Waals surface area contributed by atoms with Crippen LogP contribution < -0.4 is 0 Å². The molecule has 0 saturated carbocycles. The summed E-state index contributed by atoms with van der Waals surface area (Å²) in [6, 6.07) is 0. The van der Waals surface area contributed by atoms with Crippen molar-refractivity contribution in [3.63, 3.8) is 0 Å². The van der Waals surface area contributed by atoms with Crippen molar-refractivity contribution in [1.29, 1.82) is 0 Å². The van der Waals surface area contributed by atoms with Crippen molar-refractivity contribution < 1.29 is 19.1 Å². The lowest BCUT2D eigenvalue weighted by molar-refractivity contribution is -0.156. The van der Waals surface area contributed by atoms with Gasteiger partial charge in [-0.2, -0.15) is 0 Å². The van der Waals surface area contributed by atoms with Gasteiger partial charge < -0.3 is 9.47 Å². The van der Waals surface area contributed by atoms with Crippen LogP contribution in [0, 0.1) is 10.8 Å². The molecule has 0 unspecified atom stereocenters. The van der Waals surface area contributed by atoms with Gasteiger partial charge in [-0.3, -0.25) is 0 Å². The Labute approximate surface area is 114 Å². The van der Waals surface area contributed by atoms with Gasteiger partial charge in [0.15, 0.2) is 0 Å². The Bertz CT molecular complexity index is 269. The lowest BCUT2D eigenvalue weighted by Crippen LogP contribution is -2.32. The summed E-state index contributed by atoms with van der Waals surface area (Å²) >= 11 is 5.69. The first-order chi connectivity index (χ1) is 7.92. The van der Waals surface area contributed by atoms with Crippen LogP contribution in [-0.4, -0.2) is 30.5 Å². The summed E-state index contributed by atoms with van der Waals surface area (Å²) in [7, 11) is 0. The SMILES string of the molecule is CC(C)(C)COC(=O)C(Cl)C(=O)OCC(C)(C)C. The number of hydrogen-bond acceptors (Lipinski definition) is 4. The highest BCUT2D eigenvalue weighted by Crippen LogP contribution is 2.16. The Morgan fingerprint density at radius 3 is 1.39 bits per heavy atom. The molecule has 0 aliphatic rings. The van der Waals surface area contributed by atoms with Crippen LogP contribution in [0.2, 0.25) is 0 Å². The monoisotopic (exact) mass is 278 g/mol. The molecule has 4 nitrogen and oxygen atoms in total. The van der Waals surface area contributed by atoms with Crippen molar-refractivity contribution in [3.05, 3.63) is 0 Å². The molecule has 0 aromatic rings.